The summed E-state index contributed by atoms with van der Waals surface area (Å²) in [6.07, 6.45) is 4.66. The summed E-state index contributed by atoms with van der Waals surface area (Å²) in [6, 6.07) is 1.86. The average molecular weight is 266 g/mol. The van der Waals surface area contributed by atoms with Crippen LogP contribution in [0.2, 0.25) is 0 Å². The van der Waals surface area contributed by atoms with E-state index in [1.54, 1.807) is 0 Å². The van der Waals surface area contributed by atoms with Crippen LogP contribution in [0, 0.1) is 0 Å². The summed E-state index contributed by atoms with van der Waals surface area (Å²) >= 11 is 0. The first-order valence-corrected chi connectivity index (χ1v) is 7.52. The van der Waals surface area contributed by atoms with Gasteiger partial charge in [-0.3, -0.25) is 0 Å². The van der Waals surface area contributed by atoms with Crippen molar-refractivity contribution in [3.8, 4) is 0 Å². The summed E-state index contributed by atoms with van der Waals surface area (Å²) in [5, 5.41) is 11.8. The fourth-order valence-electron chi connectivity index (χ4n) is 2.77. The maximum atomic E-state index is 5.87. The van der Waals surface area contributed by atoms with Crippen molar-refractivity contribution in [1.82, 2.24) is 15.5 Å². The zero-order valence-electron chi connectivity index (χ0n) is 12.5. The highest BCUT2D eigenvalue weighted by molar-refractivity contribution is 5.31. The molecule has 0 aromatic carbocycles. The third-order valence-electron chi connectivity index (χ3n) is 3.98. The molecule has 0 amide bonds. The molecular formula is C14H26N4O. The Bertz CT molecular complexity index is 393. The van der Waals surface area contributed by atoms with E-state index in [4.69, 9.17) is 4.42 Å². The standard InChI is InChI=1S/C14H26N4O/c1-5-9-15-11(4)13-16-17-14(19-13)18-10(3)7-8-12(18)6-2/h10-12,15H,5-9H2,1-4H3. The van der Waals surface area contributed by atoms with Gasteiger partial charge in [0.25, 0.3) is 0 Å². The molecule has 2 rings (SSSR count). The van der Waals surface area contributed by atoms with Crippen molar-refractivity contribution >= 4 is 6.01 Å². The molecule has 0 radical (unpaired) electrons. The lowest BCUT2D eigenvalue weighted by Gasteiger charge is -2.25. The van der Waals surface area contributed by atoms with Crippen LogP contribution in [-0.4, -0.2) is 28.8 Å². The lowest BCUT2D eigenvalue weighted by molar-refractivity contribution is 0.406. The summed E-state index contributed by atoms with van der Waals surface area (Å²) in [6.45, 7) is 9.64. The predicted octanol–water partition coefficient (Wildman–Crippen LogP) is 2.90. The van der Waals surface area contributed by atoms with E-state index in [2.05, 4.69) is 48.1 Å². The molecule has 1 aliphatic rings. The number of hydrogen-bond acceptors (Lipinski definition) is 5. The van der Waals surface area contributed by atoms with Gasteiger partial charge in [0, 0.05) is 12.1 Å². The molecule has 3 atom stereocenters. The second-order valence-corrected chi connectivity index (χ2v) is 5.49. The quantitative estimate of drug-likeness (QED) is 0.858. The zero-order chi connectivity index (χ0) is 13.8. The maximum Gasteiger partial charge on any atom is 0.318 e. The van der Waals surface area contributed by atoms with Crippen molar-refractivity contribution in [2.45, 2.75) is 71.5 Å². The molecule has 0 spiro atoms. The van der Waals surface area contributed by atoms with Crippen molar-refractivity contribution in [3.05, 3.63) is 5.89 Å². The second-order valence-electron chi connectivity index (χ2n) is 5.49. The summed E-state index contributed by atoms with van der Waals surface area (Å²) < 4.78 is 5.87. The second kappa shape index (κ2) is 6.37. The van der Waals surface area contributed by atoms with Crippen molar-refractivity contribution < 1.29 is 4.42 Å². The van der Waals surface area contributed by atoms with E-state index >= 15 is 0 Å². The van der Waals surface area contributed by atoms with Crippen LogP contribution in [0.4, 0.5) is 6.01 Å². The van der Waals surface area contributed by atoms with Gasteiger partial charge in [-0.2, -0.15) is 0 Å². The van der Waals surface area contributed by atoms with Crippen molar-refractivity contribution in [2.24, 2.45) is 0 Å². The average Bonchev–Trinajstić information content (AvgIpc) is 3.01. The molecule has 108 valence electrons. The van der Waals surface area contributed by atoms with Crippen LogP contribution in [0.3, 0.4) is 0 Å². The third kappa shape index (κ3) is 3.08. The molecular weight excluding hydrogens is 240 g/mol. The van der Waals surface area contributed by atoms with Gasteiger partial charge in [-0.05, 0) is 46.1 Å². The minimum Gasteiger partial charge on any atom is -0.406 e. The lowest BCUT2D eigenvalue weighted by Crippen LogP contribution is -2.34. The predicted molar refractivity (Wildman–Crippen MR) is 76.3 cm³/mol. The van der Waals surface area contributed by atoms with Gasteiger partial charge in [0.15, 0.2) is 0 Å². The highest BCUT2D eigenvalue weighted by Gasteiger charge is 2.33. The van der Waals surface area contributed by atoms with Crippen LogP contribution < -0.4 is 10.2 Å². The molecule has 0 bridgehead atoms. The number of nitrogens with one attached hydrogen (secondary N) is 1. The molecule has 0 saturated carbocycles. The Morgan fingerprint density at radius 2 is 2.16 bits per heavy atom. The van der Waals surface area contributed by atoms with E-state index in [9.17, 15) is 0 Å². The van der Waals surface area contributed by atoms with E-state index in [1.807, 2.05) is 0 Å². The number of anilines is 1. The molecule has 1 aromatic rings. The summed E-state index contributed by atoms with van der Waals surface area (Å²) in [7, 11) is 0. The van der Waals surface area contributed by atoms with E-state index in [0.717, 1.165) is 19.4 Å². The molecule has 3 unspecified atom stereocenters. The summed E-state index contributed by atoms with van der Waals surface area (Å²) in [4.78, 5) is 2.29. The first-order valence-electron chi connectivity index (χ1n) is 7.52. The van der Waals surface area contributed by atoms with Crippen molar-refractivity contribution in [3.63, 3.8) is 0 Å². The van der Waals surface area contributed by atoms with Gasteiger partial charge in [-0.1, -0.05) is 18.9 Å². The van der Waals surface area contributed by atoms with Crippen LogP contribution in [-0.2, 0) is 0 Å². The fourth-order valence-corrected chi connectivity index (χ4v) is 2.77. The zero-order valence-corrected chi connectivity index (χ0v) is 12.5. The fraction of sp³-hybridized carbons (Fsp3) is 0.857. The van der Waals surface area contributed by atoms with Crippen LogP contribution in [0.1, 0.15) is 65.3 Å². The summed E-state index contributed by atoms with van der Waals surface area (Å²) in [5.41, 5.74) is 0. The van der Waals surface area contributed by atoms with Crippen LogP contribution in [0.5, 0.6) is 0 Å². The number of hydrogen-bond donors (Lipinski definition) is 1. The smallest absolute Gasteiger partial charge is 0.318 e. The normalized spacial score (nSPS) is 24.9. The van der Waals surface area contributed by atoms with E-state index < -0.39 is 0 Å². The van der Waals surface area contributed by atoms with Gasteiger partial charge in [0.1, 0.15) is 0 Å². The molecule has 0 aliphatic carbocycles. The van der Waals surface area contributed by atoms with Gasteiger partial charge in [0.05, 0.1) is 6.04 Å². The SMILES string of the molecule is CCCNC(C)c1nnc(N2C(C)CCC2CC)o1. The van der Waals surface area contributed by atoms with Crippen molar-refractivity contribution in [1.29, 1.82) is 0 Å². The number of rotatable bonds is 6. The number of nitrogens with zero attached hydrogens (tertiary/aromatic N) is 3. The van der Waals surface area contributed by atoms with Gasteiger partial charge in [0.2, 0.25) is 5.89 Å². The highest BCUT2D eigenvalue weighted by atomic mass is 16.4. The van der Waals surface area contributed by atoms with Gasteiger partial charge in [-0.15, -0.1) is 5.10 Å². The highest BCUT2D eigenvalue weighted by Crippen LogP contribution is 2.31. The topological polar surface area (TPSA) is 54.2 Å². The first kappa shape index (κ1) is 14.3. The maximum absolute atomic E-state index is 5.87. The Labute approximate surface area is 115 Å². The lowest BCUT2D eigenvalue weighted by atomic mass is 10.2. The monoisotopic (exact) mass is 266 g/mol. The minimum atomic E-state index is 0.124. The van der Waals surface area contributed by atoms with Gasteiger partial charge < -0.3 is 14.6 Å². The Balaban J connectivity index is 2.07. The minimum absolute atomic E-state index is 0.124. The first-order chi connectivity index (χ1) is 9.17. The third-order valence-corrected chi connectivity index (χ3v) is 3.98. The van der Waals surface area contributed by atoms with Gasteiger partial charge in [-0.25, -0.2) is 0 Å². The van der Waals surface area contributed by atoms with E-state index in [0.29, 0.717) is 24.0 Å². The molecule has 1 aromatic heterocycles. The molecule has 19 heavy (non-hydrogen) atoms. The summed E-state index contributed by atoms with van der Waals surface area (Å²) in [5.74, 6) is 0.692. The van der Waals surface area contributed by atoms with Crippen LogP contribution in [0.25, 0.3) is 0 Å². The molecule has 5 heteroatoms. The Morgan fingerprint density at radius 3 is 2.84 bits per heavy atom. The Morgan fingerprint density at radius 1 is 1.37 bits per heavy atom. The molecule has 5 nitrogen and oxygen atoms in total. The largest absolute Gasteiger partial charge is 0.406 e. The van der Waals surface area contributed by atoms with Crippen LogP contribution in [0.15, 0.2) is 4.42 Å². The Hall–Kier alpha value is -1.10. The number of aromatic nitrogens is 2. The molecule has 1 aliphatic heterocycles. The molecule has 2 heterocycles. The van der Waals surface area contributed by atoms with Crippen molar-refractivity contribution in [2.75, 3.05) is 11.4 Å². The molecule has 1 fully saturated rings. The van der Waals surface area contributed by atoms with Gasteiger partial charge >= 0.3 is 6.01 Å². The Kier molecular flexibility index (Phi) is 4.80. The van der Waals surface area contributed by atoms with Crippen LogP contribution >= 0.6 is 0 Å². The molecule has 1 N–H and O–H groups in total. The van der Waals surface area contributed by atoms with E-state index in [-0.39, 0.29) is 6.04 Å². The molecule has 1 saturated heterocycles. The van der Waals surface area contributed by atoms with E-state index in [1.165, 1.54) is 12.8 Å².